The van der Waals surface area contributed by atoms with E-state index in [2.05, 4.69) is 63.7 Å². The Balaban J connectivity index is 2.07. The minimum absolute atomic E-state index is 0.146. The van der Waals surface area contributed by atoms with Crippen LogP contribution in [0.3, 0.4) is 0 Å². The maximum absolute atomic E-state index is 6.30. The maximum atomic E-state index is 6.30. The van der Waals surface area contributed by atoms with Gasteiger partial charge in [0.2, 0.25) is 0 Å². The highest BCUT2D eigenvalue weighted by Crippen LogP contribution is 2.39. The average Bonchev–Trinajstić information content (AvgIpc) is 2.66. The summed E-state index contributed by atoms with van der Waals surface area (Å²) < 4.78 is 17.2. The zero-order valence-electron chi connectivity index (χ0n) is 14.2. The molecule has 0 aromatic heterocycles. The molecule has 2 atom stereocenters. The number of ether oxygens (including phenoxy) is 3. The zero-order chi connectivity index (χ0) is 20.7. The molecule has 0 aliphatic carbocycles. The highest BCUT2D eigenvalue weighted by Gasteiger charge is 2.14. The molecule has 0 saturated heterocycles. The third-order valence-electron chi connectivity index (χ3n) is 3.27. The predicted octanol–water partition coefficient (Wildman–Crippen LogP) is 8.51. The molecule has 2 unspecified atom stereocenters. The van der Waals surface area contributed by atoms with Gasteiger partial charge >= 0.3 is 0 Å². The fourth-order valence-corrected chi connectivity index (χ4v) is 3.41. The molecule has 2 aromatic carbocycles. The fourth-order valence-electron chi connectivity index (χ4n) is 1.97. The van der Waals surface area contributed by atoms with E-state index in [9.17, 15) is 0 Å². The molecule has 0 bridgehead atoms. The molecule has 0 amide bonds. The van der Waals surface area contributed by atoms with E-state index >= 15 is 0 Å². The molecule has 0 fully saturated rings. The van der Waals surface area contributed by atoms with Gasteiger partial charge in [-0.3, -0.25) is 0 Å². The highest BCUT2D eigenvalue weighted by atomic mass is 79.9. The van der Waals surface area contributed by atoms with Crippen molar-refractivity contribution in [1.29, 1.82) is 0 Å². The Hall–Kier alpha value is 0.630. The van der Waals surface area contributed by atoms with E-state index in [1.165, 1.54) is 0 Å². The fraction of sp³-hybridized carbons (Fsp3) is 0.333. The number of hydrogen-bond acceptors (Lipinski definition) is 3. The normalized spacial score (nSPS) is 13.1. The van der Waals surface area contributed by atoms with Gasteiger partial charge in [0.25, 0.3) is 0 Å². The molecule has 10 heteroatoms. The minimum Gasteiger partial charge on any atom is -0.491 e. The molecule has 0 aliphatic heterocycles. The van der Waals surface area contributed by atoms with E-state index in [1.54, 1.807) is 30.3 Å². The van der Waals surface area contributed by atoms with E-state index in [0.717, 1.165) is 10.7 Å². The summed E-state index contributed by atoms with van der Waals surface area (Å²) in [4.78, 5) is 0.339. The van der Waals surface area contributed by atoms with Gasteiger partial charge in [0.15, 0.2) is 5.75 Å². The summed E-state index contributed by atoms with van der Waals surface area (Å²) in [6.45, 7) is 0.911. The summed E-state index contributed by atoms with van der Waals surface area (Å²) in [5.41, 5.74) is 0. The summed E-state index contributed by atoms with van der Waals surface area (Å²) in [6.07, 6.45) is 0. The van der Waals surface area contributed by atoms with Gasteiger partial charge in [0, 0.05) is 28.9 Å². The van der Waals surface area contributed by atoms with E-state index in [4.69, 9.17) is 49.0 Å². The first-order valence-electron chi connectivity index (χ1n) is 7.96. The van der Waals surface area contributed by atoms with Crippen molar-refractivity contribution in [3.63, 3.8) is 0 Å². The van der Waals surface area contributed by atoms with Crippen LogP contribution in [-0.2, 0) is 0 Å². The molecular weight excluding hydrogens is 690 g/mol. The van der Waals surface area contributed by atoms with Gasteiger partial charge in [-0.1, -0.05) is 98.5 Å². The molecular formula is C18H15Br4Cl3O3. The van der Waals surface area contributed by atoms with Crippen molar-refractivity contribution >= 4 is 98.5 Å². The van der Waals surface area contributed by atoms with Crippen LogP contribution in [0.1, 0.15) is 0 Å². The smallest absolute Gasteiger partial charge is 0.156 e. The average molecular weight is 705 g/mol. The summed E-state index contributed by atoms with van der Waals surface area (Å²) in [5, 5.41) is 2.69. The Bertz CT molecular complexity index is 772. The van der Waals surface area contributed by atoms with Gasteiger partial charge in [0.05, 0.1) is 24.7 Å². The van der Waals surface area contributed by atoms with Crippen LogP contribution in [0.4, 0.5) is 0 Å². The van der Waals surface area contributed by atoms with Crippen molar-refractivity contribution < 1.29 is 14.2 Å². The molecule has 0 saturated carbocycles. The third-order valence-corrected chi connectivity index (χ3v) is 8.61. The second-order valence-corrected chi connectivity index (χ2v) is 10.6. The lowest BCUT2D eigenvalue weighted by atomic mass is 10.3. The van der Waals surface area contributed by atoms with E-state index in [0.29, 0.717) is 51.3 Å². The quantitative estimate of drug-likeness (QED) is 0.232. The molecule has 2 aromatic rings. The van der Waals surface area contributed by atoms with Crippen LogP contribution < -0.4 is 14.2 Å². The molecule has 0 radical (unpaired) electrons. The van der Waals surface area contributed by atoms with Crippen LogP contribution in [0.2, 0.25) is 15.1 Å². The van der Waals surface area contributed by atoms with Crippen molar-refractivity contribution in [2.45, 2.75) is 9.65 Å². The van der Waals surface area contributed by atoms with E-state index in [1.807, 2.05) is 0 Å². The van der Waals surface area contributed by atoms with Crippen LogP contribution in [0.5, 0.6) is 23.0 Å². The molecule has 3 nitrogen and oxygen atoms in total. The summed E-state index contributed by atoms with van der Waals surface area (Å²) >= 11 is 32.6. The molecule has 0 heterocycles. The Morgan fingerprint density at radius 1 is 0.750 bits per heavy atom. The number of alkyl halides is 4. The topological polar surface area (TPSA) is 27.7 Å². The van der Waals surface area contributed by atoms with Crippen molar-refractivity contribution in [3.8, 4) is 23.0 Å². The number of halogens is 7. The number of hydrogen-bond donors (Lipinski definition) is 0. The monoisotopic (exact) mass is 700 g/mol. The summed E-state index contributed by atoms with van der Waals surface area (Å²) in [5.74, 6) is 2.01. The molecule has 0 aliphatic rings. The Morgan fingerprint density at radius 2 is 1.29 bits per heavy atom. The van der Waals surface area contributed by atoms with Gasteiger partial charge in [-0.25, -0.2) is 0 Å². The van der Waals surface area contributed by atoms with E-state index in [-0.39, 0.29) is 9.65 Å². The Morgan fingerprint density at radius 3 is 1.82 bits per heavy atom. The Kier molecular flexibility index (Phi) is 11.1. The summed E-state index contributed by atoms with van der Waals surface area (Å²) in [7, 11) is 0. The number of benzene rings is 2. The highest BCUT2D eigenvalue weighted by molar-refractivity contribution is 9.12. The van der Waals surface area contributed by atoms with Crippen LogP contribution in [0, 0.1) is 0 Å². The van der Waals surface area contributed by atoms with Crippen LogP contribution >= 0.6 is 98.5 Å². The lowest BCUT2D eigenvalue weighted by Gasteiger charge is -2.15. The van der Waals surface area contributed by atoms with Crippen molar-refractivity contribution in [2.24, 2.45) is 0 Å². The van der Waals surface area contributed by atoms with Crippen LogP contribution in [-0.4, -0.2) is 33.5 Å². The first-order chi connectivity index (χ1) is 13.3. The first-order valence-corrected chi connectivity index (χ1v) is 13.2. The lowest BCUT2D eigenvalue weighted by Crippen LogP contribution is -2.12. The van der Waals surface area contributed by atoms with Gasteiger partial charge < -0.3 is 14.2 Å². The van der Waals surface area contributed by atoms with Crippen LogP contribution in [0.15, 0.2) is 30.3 Å². The van der Waals surface area contributed by atoms with Gasteiger partial charge in [-0.05, 0) is 12.1 Å². The third kappa shape index (κ3) is 7.71. The standard InChI is InChI=1S/C18H15Br4Cl3O3/c19-6-10(21)8-26-17-2-1-12(3-14(17)23)28-13-4-15(24)18(16(25)5-13)27-9-11(22)7-20/h1-5,10-11H,6-9H2. The first kappa shape index (κ1) is 24.9. The predicted molar refractivity (Wildman–Crippen MR) is 132 cm³/mol. The Labute approximate surface area is 212 Å². The van der Waals surface area contributed by atoms with Crippen LogP contribution in [0.25, 0.3) is 0 Å². The molecule has 0 N–H and O–H groups in total. The maximum Gasteiger partial charge on any atom is 0.156 e. The molecule has 154 valence electrons. The van der Waals surface area contributed by atoms with Gasteiger partial charge in [0.1, 0.15) is 30.5 Å². The molecule has 2 rings (SSSR count). The minimum atomic E-state index is 0.146. The SMILES string of the molecule is Clc1cc(Oc2cc(Cl)c(OCC(Br)CBr)c(Cl)c2)ccc1OCC(Br)CBr. The largest absolute Gasteiger partial charge is 0.491 e. The van der Waals surface area contributed by atoms with Crippen molar-refractivity contribution in [3.05, 3.63) is 45.4 Å². The van der Waals surface area contributed by atoms with Gasteiger partial charge in [-0.15, -0.1) is 0 Å². The van der Waals surface area contributed by atoms with Crippen molar-refractivity contribution in [2.75, 3.05) is 23.9 Å². The van der Waals surface area contributed by atoms with E-state index < -0.39 is 0 Å². The molecule has 0 spiro atoms. The molecule has 28 heavy (non-hydrogen) atoms. The lowest BCUT2D eigenvalue weighted by molar-refractivity contribution is 0.324. The van der Waals surface area contributed by atoms with Gasteiger partial charge in [-0.2, -0.15) is 0 Å². The zero-order valence-corrected chi connectivity index (χ0v) is 22.9. The van der Waals surface area contributed by atoms with Crippen molar-refractivity contribution in [1.82, 2.24) is 0 Å². The number of rotatable bonds is 10. The summed E-state index contributed by atoms with van der Waals surface area (Å²) in [6, 6.07) is 8.47. The second kappa shape index (κ2) is 12.5. The second-order valence-electron chi connectivity index (χ2n) is 5.54.